The minimum atomic E-state index is 0.916. The number of rotatable bonds is 8. The molecule has 0 bridgehead atoms. The molecule has 0 atom stereocenters. The topological polar surface area (TPSA) is 21.1 Å². The third kappa shape index (κ3) is 6.02. The first-order chi connectivity index (χ1) is 27.8. The zero-order chi connectivity index (χ0) is 37.3. The molecular weight excluding hydrogens is 679 g/mol. The number of aromatic nitrogens is 2. The molecular formula is C53H37N3. The Bertz CT molecular complexity index is 2940. The zero-order valence-electron chi connectivity index (χ0n) is 30.7. The van der Waals surface area contributed by atoms with Gasteiger partial charge in [0.15, 0.2) is 0 Å². The quantitative estimate of drug-likeness (QED) is 0.156. The Balaban J connectivity index is 1.10. The van der Waals surface area contributed by atoms with Crippen molar-refractivity contribution in [1.82, 2.24) is 9.55 Å². The third-order valence-electron chi connectivity index (χ3n) is 10.6. The number of fused-ring (bicyclic) bond motifs is 2. The van der Waals surface area contributed by atoms with Gasteiger partial charge < -0.3 is 4.90 Å². The second-order valence-electron chi connectivity index (χ2n) is 14.0. The predicted octanol–water partition coefficient (Wildman–Crippen LogP) is 14.3. The second-order valence-corrected chi connectivity index (χ2v) is 14.0. The first kappa shape index (κ1) is 33.1. The molecule has 0 fully saturated rings. The molecule has 1 aromatic heterocycles. The highest BCUT2D eigenvalue weighted by Gasteiger charge is 2.20. The van der Waals surface area contributed by atoms with Crippen LogP contribution in [0.4, 0.5) is 17.1 Å². The highest BCUT2D eigenvalue weighted by atomic mass is 15.1. The van der Waals surface area contributed by atoms with Crippen molar-refractivity contribution in [3.63, 3.8) is 0 Å². The average Bonchev–Trinajstić information content (AvgIpc) is 3.67. The molecule has 264 valence electrons. The van der Waals surface area contributed by atoms with E-state index in [2.05, 4.69) is 234 Å². The Kier molecular flexibility index (Phi) is 8.51. The minimum absolute atomic E-state index is 0.916. The van der Waals surface area contributed by atoms with Crippen molar-refractivity contribution in [1.29, 1.82) is 0 Å². The number of anilines is 3. The van der Waals surface area contributed by atoms with E-state index < -0.39 is 0 Å². The van der Waals surface area contributed by atoms with Gasteiger partial charge in [-0.2, -0.15) is 0 Å². The summed E-state index contributed by atoms with van der Waals surface area (Å²) in [6, 6.07) is 79.9. The van der Waals surface area contributed by atoms with Gasteiger partial charge in [-0.05, 0) is 99.4 Å². The maximum Gasteiger partial charge on any atom is 0.145 e. The molecule has 0 radical (unpaired) electrons. The number of benzene rings is 9. The Morgan fingerprint density at radius 3 is 1.75 bits per heavy atom. The average molecular weight is 716 g/mol. The van der Waals surface area contributed by atoms with Crippen LogP contribution in [0.5, 0.6) is 0 Å². The molecule has 9 aromatic carbocycles. The number of imidazole rings is 1. The van der Waals surface area contributed by atoms with Gasteiger partial charge in [-0.1, -0.05) is 164 Å². The van der Waals surface area contributed by atoms with Crippen LogP contribution in [0.15, 0.2) is 224 Å². The summed E-state index contributed by atoms with van der Waals surface area (Å²) < 4.78 is 2.27. The smallest absolute Gasteiger partial charge is 0.145 e. The van der Waals surface area contributed by atoms with Crippen molar-refractivity contribution >= 4 is 38.9 Å². The molecule has 10 rings (SSSR count). The Hall–Kier alpha value is -7.49. The van der Waals surface area contributed by atoms with Gasteiger partial charge in [0.2, 0.25) is 0 Å². The summed E-state index contributed by atoms with van der Waals surface area (Å²) in [5.41, 5.74) is 14.6. The maximum atomic E-state index is 5.20. The molecule has 0 aliphatic heterocycles. The van der Waals surface area contributed by atoms with Crippen LogP contribution in [-0.4, -0.2) is 9.55 Å². The summed E-state index contributed by atoms with van der Waals surface area (Å²) in [5, 5.41) is 2.43. The van der Waals surface area contributed by atoms with E-state index in [4.69, 9.17) is 4.98 Å². The van der Waals surface area contributed by atoms with E-state index in [-0.39, 0.29) is 0 Å². The normalized spacial score (nSPS) is 11.2. The summed E-state index contributed by atoms with van der Waals surface area (Å²) >= 11 is 0. The number of hydrogen-bond donors (Lipinski definition) is 0. The fourth-order valence-corrected chi connectivity index (χ4v) is 8.00. The maximum absolute atomic E-state index is 5.20. The molecule has 3 nitrogen and oxygen atoms in total. The Labute approximate surface area is 327 Å². The Morgan fingerprint density at radius 1 is 0.375 bits per heavy atom. The number of hydrogen-bond acceptors (Lipinski definition) is 2. The van der Waals surface area contributed by atoms with Gasteiger partial charge in [0.1, 0.15) is 5.82 Å². The number of para-hydroxylation sites is 4. The monoisotopic (exact) mass is 715 g/mol. The lowest BCUT2D eigenvalue weighted by Gasteiger charge is -2.27. The van der Waals surface area contributed by atoms with Crippen molar-refractivity contribution in [2.45, 2.75) is 0 Å². The van der Waals surface area contributed by atoms with Gasteiger partial charge in [0.05, 0.1) is 16.7 Å². The van der Waals surface area contributed by atoms with Crippen molar-refractivity contribution < 1.29 is 0 Å². The van der Waals surface area contributed by atoms with Crippen LogP contribution in [0, 0.1) is 0 Å². The lowest BCUT2D eigenvalue weighted by atomic mass is 9.88. The van der Waals surface area contributed by atoms with E-state index in [1.165, 1.54) is 27.5 Å². The molecule has 0 saturated carbocycles. The van der Waals surface area contributed by atoms with Crippen LogP contribution in [0.3, 0.4) is 0 Å². The third-order valence-corrected chi connectivity index (χ3v) is 10.6. The lowest BCUT2D eigenvalue weighted by Crippen LogP contribution is -2.10. The SMILES string of the molecule is c1ccc(-c2cc(-c3nc4ccccc4n3-c3ccccc3)ccc2-c2ccccc2-c2ccc(N(c3ccccc3)c3cccc4ccccc34)cc2)cc1. The first-order valence-corrected chi connectivity index (χ1v) is 19.1. The lowest BCUT2D eigenvalue weighted by molar-refractivity contribution is 1.10. The van der Waals surface area contributed by atoms with Crippen molar-refractivity contribution in [3.8, 4) is 50.5 Å². The Morgan fingerprint density at radius 2 is 0.946 bits per heavy atom. The van der Waals surface area contributed by atoms with E-state index in [0.717, 1.165) is 61.9 Å². The van der Waals surface area contributed by atoms with E-state index in [0.29, 0.717) is 0 Å². The largest absolute Gasteiger partial charge is 0.310 e. The van der Waals surface area contributed by atoms with Crippen LogP contribution in [-0.2, 0) is 0 Å². The van der Waals surface area contributed by atoms with Crippen molar-refractivity contribution in [3.05, 3.63) is 224 Å². The van der Waals surface area contributed by atoms with Gasteiger partial charge in [0, 0.05) is 28.0 Å². The molecule has 56 heavy (non-hydrogen) atoms. The van der Waals surface area contributed by atoms with Crippen LogP contribution < -0.4 is 4.90 Å². The summed E-state index contributed by atoms with van der Waals surface area (Å²) in [6.45, 7) is 0. The minimum Gasteiger partial charge on any atom is -0.310 e. The molecule has 3 heteroatoms. The molecule has 0 amide bonds. The van der Waals surface area contributed by atoms with Gasteiger partial charge in [0.25, 0.3) is 0 Å². The van der Waals surface area contributed by atoms with Gasteiger partial charge in [-0.15, -0.1) is 0 Å². The highest BCUT2D eigenvalue weighted by molar-refractivity contribution is 5.99. The summed E-state index contributed by atoms with van der Waals surface area (Å²) in [4.78, 5) is 7.56. The van der Waals surface area contributed by atoms with Crippen LogP contribution >= 0.6 is 0 Å². The van der Waals surface area contributed by atoms with Crippen molar-refractivity contribution in [2.24, 2.45) is 0 Å². The standard InChI is InChI=1S/C53H37N3/c1-4-17-39(18-5-1)49-37-41(53-54-50-28-14-15-29-52(50)56(53)43-23-8-3-9-24-43)33-36-48(49)47-27-13-12-25-45(47)40-31-34-44(35-32-40)55(42-21-6-2-7-22-42)51-30-16-20-38-19-10-11-26-46(38)51/h1-37H. The first-order valence-electron chi connectivity index (χ1n) is 19.1. The molecule has 0 spiro atoms. The molecule has 0 unspecified atom stereocenters. The summed E-state index contributed by atoms with van der Waals surface area (Å²) in [5.74, 6) is 0.916. The molecule has 0 aliphatic rings. The van der Waals surface area contributed by atoms with Crippen LogP contribution in [0.25, 0.3) is 72.3 Å². The molecule has 10 aromatic rings. The van der Waals surface area contributed by atoms with Gasteiger partial charge in [-0.3, -0.25) is 4.57 Å². The second kappa shape index (κ2) is 14.4. The van der Waals surface area contributed by atoms with Gasteiger partial charge in [-0.25, -0.2) is 4.98 Å². The van der Waals surface area contributed by atoms with Crippen LogP contribution in [0.1, 0.15) is 0 Å². The summed E-state index contributed by atoms with van der Waals surface area (Å²) in [6.07, 6.45) is 0. The highest BCUT2D eigenvalue weighted by Crippen LogP contribution is 2.43. The van der Waals surface area contributed by atoms with Crippen LogP contribution in [0.2, 0.25) is 0 Å². The molecule has 0 saturated heterocycles. The molecule has 1 heterocycles. The zero-order valence-corrected chi connectivity index (χ0v) is 30.7. The van der Waals surface area contributed by atoms with Gasteiger partial charge >= 0.3 is 0 Å². The predicted molar refractivity (Wildman–Crippen MR) is 235 cm³/mol. The fourth-order valence-electron chi connectivity index (χ4n) is 8.00. The van der Waals surface area contributed by atoms with Crippen molar-refractivity contribution in [2.75, 3.05) is 4.90 Å². The molecule has 0 aliphatic carbocycles. The molecule has 0 N–H and O–H groups in total. The van der Waals surface area contributed by atoms with E-state index >= 15 is 0 Å². The van der Waals surface area contributed by atoms with E-state index in [1.807, 2.05) is 0 Å². The number of nitrogens with zero attached hydrogens (tertiary/aromatic N) is 3. The van der Waals surface area contributed by atoms with E-state index in [1.54, 1.807) is 0 Å². The summed E-state index contributed by atoms with van der Waals surface area (Å²) in [7, 11) is 0. The van der Waals surface area contributed by atoms with E-state index in [9.17, 15) is 0 Å². The fraction of sp³-hybridized carbons (Fsp3) is 0.